The molecular formula is C19H31NO. The van der Waals surface area contributed by atoms with Gasteiger partial charge in [0.2, 0.25) is 5.91 Å². The molecule has 2 heteroatoms. The van der Waals surface area contributed by atoms with Crippen LogP contribution >= 0.6 is 0 Å². The molecule has 1 rings (SSSR count). The SMILES string of the molecule is C=C/C(=C\C=C/C)C1CCCC(=O)N(CC(C)CCC)C1. The molecule has 0 saturated carbocycles. The number of allylic oxidation sites excluding steroid dienone is 4. The van der Waals surface area contributed by atoms with E-state index in [9.17, 15) is 4.79 Å². The van der Waals surface area contributed by atoms with Gasteiger partial charge in [-0.3, -0.25) is 4.79 Å². The fraction of sp³-hybridized carbons (Fsp3) is 0.632. The highest BCUT2D eigenvalue weighted by atomic mass is 16.2. The highest BCUT2D eigenvalue weighted by Crippen LogP contribution is 2.25. The molecule has 0 aromatic rings. The van der Waals surface area contributed by atoms with E-state index >= 15 is 0 Å². The lowest BCUT2D eigenvalue weighted by atomic mass is 9.93. The van der Waals surface area contributed by atoms with Gasteiger partial charge < -0.3 is 4.90 Å². The topological polar surface area (TPSA) is 20.3 Å². The molecule has 2 nitrogen and oxygen atoms in total. The number of amides is 1. The van der Waals surface area contributed by atoms with Crippen LogP contribution in [0.4, 0.5) is 0 Å². The third-order valence-electron chi connectivity index (χ3n) is 4.24. The average Bonchev–Trinajstić information content (AvgIpc) is 2.63. The van der Waals surface area contributed by atoms with Gasteiger partial charge in [-0.15, -0.1) is 0 Å². The van der Waals surface area contributed by atoms with Crippen LogP contribution in [0.5, 0.6) is 0 Å². The Morgan fingerprint density at radius 2 is 2.29 bits per heavy atom. The Kier molecular flexibility index (Phi) is 8.11. The zero-order valence-electron chi connectivity index (χ0n) is 14.0. The number of carbonyl (C=O) groups excluding carboxylic acids is 1. The maximum Gasteiger partial charge on any atom is 0.222 e. The third kappa shape index (κ3) is 5.91. The second-order valence-corrected chi connectivity index (χ2v) is 6.18. The van der Waals surface area contributed by atoms with Gasteiger partial charge in [-0.2, -0.15) is 0 Å². The van der Waals surface area contributed by atoms with Gasteiger partial charge in [0.1, 0.15) is 0 Å². The fourth-order valence-electron chi connectivity index (χ4n) is 3.10. The van der Waals surface area contributed by atoms with Crippen molar-refractivity contribution in [2.75, 3.05) is 13.1 Å². The van der Waals surface area contributed by atoms with Crippen LogP contribution in [-0.4, -0.2) is 23.9 Å². The van der Waals surface area contributed by atoms with Crippen LogP contribution in [-0.2, 0) is 4.79 Å². The molecule has 1 aliphatic rings. The molecular weight excluding hydrogens is 258 g/mol. The number of hydrogen-bond donors (Lipinski definition) is 0. The first-order chi connectivity index (χ1) is 10.1. The summed E-state index contributed by atoms with van der Waals surface area (Å²) >= 11 is 0. The molecule has 21 heavy (non-hydrogen) atoms. The average molecular weight is 289 g/mol. The quantitative estimate of drug-likeness (QED) is 0.620. The van der Waals surface area contributed by atoms with Crippen molar-refractivity contribution in [3.63, 3.8) is 0 Å². The molecule has 1 heterocycles. The molecule has 1 saturated heterocycles. The molecule has 0 radical (unpaired) electrons. The first-order valence-corrected chi connectivity index (χ1v) is 8.35. The Morgan fingerprint density at radius 3 is 2.90 bits per heavy atom. The first-order valence-electron chi connectivity index (χ1n) is 8.35. The van der Waals surface area contributed by atoms with Crippen molar-refractivity contribution in [2.45, 2.75) is 52.9 Å². The predicted octanol–water partition coefficient (Wildman–Crippen LogP) is 4.74. The van der Waals surface area contributed by atoms with Crippen LogP contribution in [0.25, 0.3) is 0 Å². The minimum atomic E-state index is 0.329. The van der Waals surface area contributed by atoms with E-state index in [2.05, 4.69) is 37.5 Å². The summed E-state index contributed by atoms with van der Waals surface area (Å²) in [5.74, 6) is 1.35. The Balaban J connectivity index is 2.79. The van der Waals surface area contributed by atoms with E-state index < -0.39 is 0 Å². The standard InChI is InChI=1S/C19H31NO/c1-5-8-11-17(7-3)18-12-9-13-19(21)20(15-18)14-16(4)10-6-2/h5,7-8,11,16,18H,3,6,9-10,12-15H2,1-2,4H3/b8-5-,17-11+. The third-order valence-corrected chi connectivity index (χ3v) is 4.24. The van der Waals surface area contributed by atoms with Crippen molar-refractivity contribution in [1.82, 2.24) is 4.90 Å². The summed E-state index contributed by atoms with van der Waals surface area (Å²) < 4.78 is 0. The lowest BCUT2D eigenvalue weighted by molar-refractivity contribution is -0.131. The molecule has 0 aromatic heterocycles. The number of nitrogens with zero attached hydrogens (tertiary/aromatic N) is 1. The Hall–Kier alpha value is -1.31. The lowest BCUT2D eigenvalue weighted by Crippen LogP contribution is -2.36. The second kappa shape index (κ2) is 9.59. The van der Waals surface area contributed by atoms with E-state index in [0.29, 0.717) is 24.2 Å². The summed E-state index contributed by atoms with van der Waals surface area (Å²) in [6.45, 7) is 12.2. The number of hydrogen-bond acceptors (Lipinski definition) is 1. The number of rotatable bonds is 7. The van der Waals surface area contributed by atoms with Gasteiger partial charge in [0, 0.05) is 25.4 Å². The minimum Gasteiger partial charge on any atom is -0.342 e. The highest BCUT2D eigenvalue weighted by molar-refractivity contribution is 5.76. The largest absolute Gasteiger partial charge is 0.342 e. The minimum absolute atomic E-state index is 0.329. The van der Waals surface area contributed by atoms with E-state index in [1.165, 1.54) is 18.4 Å². The number of carbonyl (C=O) groups is 1. The fourth-order valence-corrected chi connectivity index (χ4v) is 3.10. The van der Waals surface area contributed by atoms with Crippen LogP contribution in [0.15, 0.2) is 36.5 Å². The van der Waals surface area contributed by atoms with Gasteiger partial charge in [-0.05, 0) is 37.7 Å². The Labute approximate surface area is 130 Å². The van der Waals surface area contributed by atoms with Gasteiger partial charge in [0.05, 0.1) is 0 Å². The van der Waals surface area contributed by atoms with Crippen molar-refractivity contribution >= 4 is 5.91 Å². The normalized spacial score (nSPS) is 22.4. The molecule has 1 fully saturated rings. The molecule has 0 N–H and O–H groups in total. The smallest absolute Gasteiger partial charge is 0.222 e. The van der Waals surface area contributed by atoms with E-state index in [0.717, 1.165) is 25.9 Å². The van der Waals surface area contributed by atoms with Crippen LogP contribution in [0, 0.1) is 11.8 Å². The molecule has 2 atom stereocenters. The Morgan fingerprint density at radius 1 is 1.52 bits per heavy atom. The van der Waals surface area contributed by atoms with E-state index in [-0.39, 0.29) is 0 Å². The van der Waals surface area contributed by atoms with Crippen molar-refractivity contribution in [3.05, 3.63) is 36.5 Å². The van der Waals surface area contributed by atoms with Gasteiger partial charge >= 0.3 is 0 Å². The molecule has 118 valence electrons. The summed E-state index contributed by atoms with van der Waals surface area (Å²) in [4.78, 5) is 14.4. The molecule has 1 aliphatic heterocycles. The number of likely N-dealkylation sites (tertiary alicyclic amines) is 1. The zero-order chi connectivity index (χ0) is 15.7. The van der Waals surface area contributed by atoms with E-state index in [4.69, 9.17) is 0 Å². The van der Waals surface area contributed by atoms with Crippen molar-refractivity contribution in [2.24, 2.45) is 11.8 Å². The van der Waals surface area contributed by atoms with E-state index in [1.54, 1.807) is 0 Å². The molecule has 0 aliphatic carbocycles. The van der Waals surface area contributed by atoms with Crippen molar-refractivity contribution in [3.8, 4) is 0 Å². The molecule has 1 amide bonds. The summed E-state index contributed by atoms with van der Waals surface area (Å²) in [5.41, 5.74) is 1.26. The lowest BCUT2D eigenvalue weighted by Gasteiger charge is -2.28. The van der Waals surface area contributed by atoms with Gasteiger partial charge in [-0.25, -0.2) is 0 Å². The second-order valence-electron chi connectivity index (χ2n) is 6.18. The summed E-state index contributed by atoms with van der Waals surface area (Å²) in [6, 6.07) is 0. The maximum atomic E-state index is 12.3. The van der Waals surface area contributed by atoms with Gasteiger partial charge in [-0.1, -0.05) is 51.2 Å². The summed E-state index contributed by atoms with van der Waals surface area (Å²) in [5, 5.41) is 0. The van der Waals surface area contributed by atoms with Crippen LogP contribution < -0.4 is 0 Å². The molecule has 2 unspecified atom stereocenters. The van der Waals surface area contributed by atoms with Gasteiger partial charge in [0.15, 0.2) is 0 Å². The van der Waals surface area contributed by atoms with Crippen LogP contribution in [0.3, 0.4) is 0 Å². The predicted molar refractivity (Wildman–Crippen MR) is 91.1 cm³/mol. The highest BCUT2D eigenvalue weighted by Gasteiger charge is 2.25. The zero-order valence-corrected chi connectivity index (χ0v) is 14.0. The van der Waals surface area contributed by atoms with Crippen molar-refractivity contribution in [1.29, 1.82) is 0 Å². The van der Waals surface area contributed by atoms with Crippen LogP contribution in [0.1, 0.15) is 52.9 Å². The first kappa shape index (κ1) is 17.7. The Bertz CT molecular complexity index is 394. The molecule has 0 spiro atoms. The summed E-state index contributed by atoms with van der Waals surface area (Å²) in [6.07, 6.45) is 13.3. The molecule has 0 aromatic carbocycles. The van der Waals surface area contributed by atoms with E-state index in [1.807, 2.05) is 19.1 Å². The van der Waals surface area contributed by atoms with Gasteiger partial charge in [0.25, 0.3) is 0 Å². The summed E-state index contributed by atoms with van der Waals surface area (Å²) in [7, 11) is 0. The van der Waals surface area contributed by atoms with Crippen molar-refractivity contribution < 1.29 is 4.79 Å². The monoisotopic (exact) mass is 289 g/mol. The maximum absolute atomic E-state index is 12.3. The van der Waals surface area contributed by atoms with Crippen LogP contribution in [0.2, 0.25) is 0 Å². The molecule has 0 bridgehead atoms.